The van der Waals surface area contributed by atoms with E-state index in [2.05, 4.69) is 20.8 Å². The number of hydrazone groups is 1. The SMILES string of the molecule is O=C(NC1=CC([C@H]2CCC[C@@H](F)CO2)NN=C1)c1csc(-c2c(F)cccc2F)n1. The molecule has 0 aliphatic carbocycles. The number of benzene rings is 1. The lowest BCUT2D eigenvalue weighted by Gasteiger charge is -2.26. The smallest absolute Gasteiger partial charge is 0.275 e. The molecule has 2 aliphatic rings. The van der Waals surface area contributed by atoms with Gasteiger partial charge >= 0.3 is 0 Å². The summed E-state index contributed by atoms with van der Waals surface area (Å²) in [6.45, 7) is 0.0380. The zero-order chi connectivity index (χ0) is 21.1. The number of alkyl halides is 1. The van der Waals surface area contributed by atoms with Crippen LogP contribution >= 0.6 is 11.3 Å². The molecule has 10 heteroatoms. The molecular formula is C20H19F3N4O2S. The number of carbonyl (C=O) groups is 1. The van der Waals surface area contributed by atoms with Gasteiger partial charge in [-0.1, -0.05) is 6.07 Å². The van der Waals surface area contributed by atoms with Crippen LogP contribution in [-0.4, -0.2) is 42.0 Å². The van der Waals surface area contributed by atoms with Gasteiger partial charge in [-0.25, -0.2) is 18.2 Å². The van der Waals surface area contributed by atoms with Gasteiger partial charge in [0, 0.05) is 5.38 Å². The van der Waals surface area contributed by atoms with E-state index in [1.165, 1.54) is 17.7 Å². The summed E-state index contributed by atoms with van der Waals surface area (Å²) in [5, 5.41) is 8.23. The van der Waals surface area contributed by atoms with E-state index >= 15 is 0 Å². The molecule has 1 aromatic heterocycles. The molecule has 30 heavy (non-hydrogen) atoms. The fourth-order valence-corrected chi connectivity index (χ4v) is 4.19. The largest absolute Gasteiger partial charge is 0.373 e. The summed E-state index contributed by atoms with van der Waals surface area (Å²) >= 11 is 0.974. The van der Waals surface area contributed by atoms with Crippen molar-refractivity contribution in [3.05, 3.63) is 52.7 Å². The Morgan fingerprint density at radius 2 is 2.07 bits per heavy atom. The Bertz CT molecular complexity index is 974. The molecule has 6 nitrogen and oxygen atoms in total. The van der Waals surface area contributed by atoms with Gasteiger partial charge in [0.25, 0.3) is 5.91 Å². The molecule has 0 bridgehead atoms. The first-order valence-corrected chi connectivity index (χ1v) is 10.4. The van der Waals surface area contributed by atoms with Gasteiger partial charge < -0.3 is 15.5 Å². The molecule has 1 unspecified atom stereocenters. The molecular weight excluding hydrogens is 417 g/mol. The van der Waals surface area contributed by atoms with E-state index in [0.29, 0.717) is 25.0 Å². The number of aromatic nitrogens is 1. The monoisotopic (exact) mass is 436 g/mol. The fraction of sp³-hybridized carbons (Fsp3) is 0.350. The second-order valence-corrected chi connectivity index (χ2v) is 7.88. The van der Waals surface area contributed by atoms with Crippen LogP contribution in [0.3, 0.4) is 0 Å². The summed E-state index contributed by atoms with van der Waals surface area (Å²) in [5.41, 5.74) is 3.11. The fourth-order valence-electron chi connectivity index (χ4n) is 3.34. The van der Waals surface area contributed by atoms with Crippen molar-refractivity contribution < 1.29 is 22.7 Å². The minimum atomic E-state index is -0.969. The van der Waals surface area contributed by atoms with Crippen LogP contribution in [0.4, 0.5) is 13.2 Å². The number of carbonyl (C=O) groups excluding carboxylic acids is 1. The molecule has 1 aromatic carbocycles. The highest BCUT2D eigenvalue weighted by Crippen LogP contribution is 2.29. The van der Waals surface area contributed by atoms with Gasteiger partial charge in [0.15, 0.2) is 0 Å². The highest BCUT2D eigenvalue weighted by atomic mass is 32.1. The van der Waals surface area contributed by atoms with Gasteiger partial charge in [-0.3, -0.25) is 4.79 Å². The van der Waals surface area contributed by atoms with Crippen LogP contribution in [0.25, 0.3) is 10.6 Å². The van der Waals surface area contributed by atoms with E-state index in [1.54, 1.807) is 6.08 Å². The number of nitrogens with zero attached hydrogens (tertiary/aromatic N) is 2. The molecule has 0 radical (unpaired) electrons. The predicted octanol–water partition coefficient (Wildman–Crippen LogP) is 3.57. The summed E-state index contributed by atoms with van der Waals surface area (Å²) in [5.74, 6) is -2.02. The van der Waals surface area contributed by atoms with E-state index in [0.717, 1.165) is 23.5 Å². The molecule has 4 rings (SSSR count). The van der Waals surface area contributed by atoms with Gasteiger partial charge in [0.2, 0.25) is 0 Å². The maximum atomic E-state index is 13.9. The van der Waals surface area contributed by atoms with Crippen molar-refractivity contribution in [2.45, 2.75) is 37.6 Å². The number of ether oxygens (including phenoxy) is 1. The lowest BCUT2D eigenvalue weighted by molar-refractivity contribution is 0.0182. The highest BCUT2D eigenvalue weighted by molar-refractivity contribution is 7.13. The number of nitrogens with one attached hydrogen (secondary N) is 2. The Labute approximate surface area is 174 Å². The Morgan fingerprint density at radius 1 is 1.27 bits per heavy atom. The predicted molar refractivity (Wildman–Crippen MR) is 107 cm³/mol. The first-order valence-electron chi connectivity index (χ1n) is 9.48. The minimum absolute atomic E-state index is 0.0352. The van der Waals surface area contributed by atoms with Crippen LogP contribution in [0.15, 0.2) is 40.5 Å². The molecule has 0 spiro atoms. The lowest BCUT2D eigenvalue weighted by atomic mass is 10.0. The molecule has 1 saturated heterocycles. The normalized spacial score (nSPS) is 24.0. The number of hydrogen-bond donors (Lipinski definition) is 2. The first kappa shape index (κ1) is 20.5. The average molecular weight is 436 g/mol. The van der Waals surface area contributed by atoms with Crippen LogP contribution in [-0.2, 0) is 4.74 Å². The maximum Gasteiger partial charge on any atom is 0.275 e. The van der Waals surface area contributed by atoms with Crippen molar-refractivity contribution in [1.29, 1.82) is 0 Å². The van der Waals surface area contributed by atoms with Crippen molar-refractivity contribution >= 4 is 23.5 Å². The van der Waals surface area contributed by atoms with E-state index in [9.17, 15) is 18.0 Å². The average Bonchev–Trinajstić information content (AvgIpc) is 3.10. The van der Waals surface area contributed by atoms with Gasteiger partial charge in [-0.05, 0) is 37.5 Å². The maximum absolute atomic E-state index is 13.9. The first-order chi connectivity index (χ1) is 14.5. The zero-order valence-electron chi connectivity index (χ0n) is 15.8. The number of allylic oxidation sites excluding steroid dienone is 1. The Kier molecular flexibility index (Phi) is 6.14. The third-order valence-corrected chi connectivity index (χ3v) is 5.72. The summed E-state index contributed by atoms with van der Waals surface area (Å²) < 4.78 is 47.0. The van der Waals surface area contributed by atoms with Crippen molar-refractivity contribution in [3.8, 4) is 10.6 Å². The van der Waals surface area contributed by atoms with Gasteiger partial charge in [-0.2, -0.15) is 5.10 Å². The molecule has 1 fully saturated rings. The van der Waals surface area contributed by atoms with Crippen LogP contribution in [0.1, 0.15) is 29.8 Å². The second kappa shape index (κ2) is 8.97. The number of hydrogen-bond acceptors (Lipinski definition) is 6. The molecule has 0 saturated carbocycles. The van der Waals surface area contributed by atoms with Gasteiger partial charge in [-0.15, -0.1) is 11.3 Å². The topological polar surface area (TPSA) is 75.6 Å². The standard InChI is InChI=1S/C20H19F3N4O2S/c21-11-3-1-6-17(29-9-11)15-7-12(8-24-27-15)25-19(28)16-10-30-20(26-16)18-13(22)4-2-5-14(18)23/h2,4-5,7-8,10-11,15,17,27H,1,3,6,9H2,(H,25,28)/t11-,15?,17-/m1/s1. The van der Waals surface area contributed by atoms with Crippen LogP contribution < -0.4 is 10.7 Å². The minimum Gasteiger partial charge on any atom is -0.373 e. The summed E-state index contributed by atoms with van der Waals surface area (Å²) in [7, 11) is 0. The third-order valence-electron chi connectivity index (χ3n) is 4.86. The van der Waals surface area contributed by atoms with Crippen LogP contribution in [0.5, 0.6) is 0 Å². The van der Waals surface area contributed by atoms with Crippen molar-refractivity contribution in [3.63, 3.8) is 0 Å². The molecule has 158 valence electrons. The Morgan fingerprint density at radius 3 is 2.87 bits per heavy atom. The molecule has 3 atom stereocenters. The van der Waals surface area contributed by atoms with Crippen LogP contribution in [0.2, 0.25) is 0 Å². The summed E-state index contributed by atoms with van der Waals surface area (Å²) in [4.78, 5) is 16.6. The van der Waals surface area contributed by atoms with E-state index < -0.39 is 23.7 Å². The Hall–Kier alpha value is -2.72. The number of amides is 1. The Balaban J connectivity index is 1.45. The summed E-state index contributed by atoms with van der Waals surface area (Å²) in [6.07, 6.45) is 3.81. The van der Waals surface area contributed by atoms with Crippen molar-refractivity contribution in [1.82, 2.24) is 15.7 Å². The highest BCUT2D eigenvalue weighted by Gasteiger charge is 2.27. The number of rotatable bonds is 4. The van der Waals surface area contributed by atoms with E-state index in [-0.39, 0.29) is 35.0 Å². The number of thiazole rings is 1. The second-order valence-electron chi connectivity index (χ2n) is 7.02. The van der Waals surface area contributed by atoms with Crippen molar-refractivity contribution in [2.75, 3.05) is 6.61 Å². The third kappa shape index (κ3) is 4.54. The summed E-state index contributed by atoms with van der Waals surface area (Å²) in [6, 6.07) is 3.22. The van der Waals surface area contributed by atoms with Gasteiger partial charge in [0.05, 0.1) is 36.2 Å². The molecule has 2 N–H and O–H groups in total. The molecule has 3 heterocycles. The van der Waals surface area contributed by atoms with Gasteiger partial charge in [0.1, 0.15) is 28.5 Å². The van der Waals surface area contributed by atoms with E-state index in [4.69, 9.17) is 4.74 Å². The number of halogens is 3. The molecule has 2 aromatic rings. The lowest BCUT2D eigenvalue weighted by Crippen LogP contribution is -2.41. The van der Waals surface area contributed by atoms with Crippen molar-refractivity contribution in [2.24, 2.45) is 5.10 Å². The van der Waals surface area contributed by atoms with E-state index in [1.807, 2.05) is 0 Å². The molecule has 2 aliphatic heterocycles. The molecule has 1 amide bonds. The quantitative estimate of drug-likeness (QED) is 0.769. The van der Waals surface area contributed by atoms with Crippen LogP contribution in [0, 0.1) is 11.6 Å². The zero-order valence-corrected chi connectivity index (χ0v) is 16.6.